The molecule has 0 aliphatic carbocycles. The number of nitrogens with zero attached hydrogens (tertiary/aromatic N) is 1. The lowest BCUT2D eigenvalue weighted by atomic mass is 10.4. The van der Waals surface area contributed by atoms with Gasteiger partial charge in [-0.1, -0.05) is 11.6 Å². The average molecular weight is 379 g/mol. The Hall–Kier alpha value is -0.960. The topological polar surface area (TPSA) is 82.6 Å². The van der Waals surface area contributed by atoms with Gasteiger partial charge >= 0.3 is 0 Å². The van der Waals surface area contributed by atoms with Crippen LogP contribution in [0.2, 0.25) is 5.02 Å². The third kappa shape index (κ3) is 10.4. The van der Waals surface area contributed by atoms with Gasteiger partial charge in [0.25, 0.3) is 0 Å². The number of guanidine groups is 1. The highest BCUT2D eigenvalue weighted by atomic mass is 35.5. The minimum atomic E-state index is -3.11. The Morgan fingerprint density at radius 1 is 1.17 bits per heavy atom. The number of benzene rings is 1. The van der Waals surface area contributed by atoms with E-state index < -0.39 is 10.0 Å². The number of rotatable bonds is 9. The van der Waals surface area contributed by atoms with Gasteiger partial charge in [0.05, 0.1) is 6.26 Å². The molecule has 0 unspecified atom stereocenters. The molecule has 0 bridgehead atoms. The van der Waals surface area contributed by atoms with E-state index in [4.69, 9.17) is 11.6 Å². The van der Waals surface area contributed by atoms with E-state index in [2.05, 4.69) is 20.3 Å². The maximum absolute atomic E-state index is 10.9. The minimum Gasteiger partial charge on any atom is -0.356 e. The quantitative estimate of drug-likeness (QED) is 0.263. The zero-order valence-corrected chi connectivity index (χ0v) is 15.7. The number of hydrogen-bond acceptors (Lipinski definition) is 4. The monoisotopic (exact) mass is 378 g/mol. The van der Waals surface area contributed by atoms with Crippen molar-refractivity contribution in [3.63, 3.8) is 0 Å². The van der Waals surface area contributed by atoms with Crippen molar-refractivity contribution in [2.75, 3.05) is 38.7 Å². The summed E-state index contributed by atoms with van der Waals surface area (Å²) < 4.78 is 24.3. The first-order valence-electron chi connectivity index (χ1n) is 7.18. The Labute approximate surface area is 147 Å². The van der Waals surface area contributed by atoms with Gasteiger partial charge in [-0.15, -0.1) is 11.8 Å². The molecule has 0 aromatic heterocycles. The maximum atomic E-state index is 10.9. The van der Waals surface area contributed by atoms with E-state index in [1.54, 1.807) is 18.8 Å². The van der Waals surface area contributed by atoms with Gasteiger partial charge in [0.2, 0.25) is 10.0 Å². The summed E-state index contributed by atoms with van der Waals surface area (Å²) in [4.78, 5) is 5.29. The van der Waals surface area contributed by atoms with Gasteiger partial charge < -0.3 is 10.6 Å². The predicted molar refractivity (Wildman–Crippen MR) is 99.0 cm³/mol. The van der Waals surface area contributed by atoms with E-state index >= 15 is 0 Å². The van der Waals surface area contributed by atoms with Crippen LogP contribution in [0.4, 0.5) is 0 Å². The summed E-state index contributed by atoms with van der Waals surface area (Å²) in [5.41, 5.74) is 0. The Bertz CT molecular complexity index is 591. The van der Waals surface area contributed by atoms with Crippen LogP contribution in [0.3, 0.4) is 0 Å². The molecule has 9 heteroatoms. The summed E-state index contributed by atoms with van der Waals surface area (Å²) in [6.45, 7) is 1.83. The summed E-state index contributed by atoms with van der Waals surface area (Å²) in [5.74, 6) is 1.61. The van der Waals surface area contributed by atoms with Crippen molar-refractivity contribution in [3.05, 3.63) is 29.3 Å². The number of halogens is 1. The highest BCUT2D eigenvalue weighted by Gasteiger charge is 2.00. The standard InChI is InChI=1S/C14H23ClN4O2S2/c1-16-14(17-8-3-9-19-23(2,20)21)18-10-11-22-13-6-4-12(15)5-7-13/h4-7,19H,3,8-11H2,1-2H3,(H2,16,17,18). The van der Waals surface area contributed by atoms with Gasteiger partial charge in [-0.3, -0.25) is 4.99 Å². The molecule has 0 saturated carbocycles. The van der Waals surface area contributed by atoms with Gasteiger partial charge in [0, 0.05) is 42.4 Å². The van der Waals surface area contributed by atoms with Crippen molar-refractivity contribution < 1.29 is 8.42 Å². The van der Waals surface area contributed by atoms with Gasteiger partial charge in [0.15, 0.2) is 5.96 Å². The molecule has 6 nitrogen and oxygen atoms in total. The van der Waals surface area contributed by atoms with Crippen LogP contribution in [-0.2, 0) is 10.0 Å². The first-order valence-corrected chi connectivity index (χ1v) is 10.4. The van der Waals surface area contributed by atoms with Crippen LogP contribution in [0.1, 0.15) is 6.42 Å². The van der Waals surface area contributed by atoms with Crippen LogP contribution in [0, 0.1) is 0 Å². The molecule has 0 aliphatic heterocycles. The molecule has 0 spiro atoms. The number of nitrogens with one attached hydrogen (secondary N) is 3. The number of hydrogen-bond donors (Lipinski definition) is 3. The molecule has 0 atom stereocenters. The zero-order valence-electron chi connectivity index (χ0n) is 13.3. The highest BCUT2D eigenvalue weighted by molar-refractivity contribution is 7.99. The summed E-state index contributed by atoms with van der Waals surface area (Å²) in [7, 11) is -1.41. The lowest BCUT2D eigenvalue weighted by Crippen LogP contribution is -2.39. The number of thioether (sulfide) groups is 1. The minimum absolute atomic E-state index is 0.412. The Morgan fingerprint density at radius 3 is 2.43 bits per heavy atom. The van der Waals surface area contributed by atoms with Crippen molar-refractivity contribution in [2.45, 2.75) is 11.3 Å². The molecule has 0 aliphatic rings. The second kappa shape index (κ2) is 10.7. The van der Waals surface area contributed by atoms with E-state index in [0.29, 0.717) is 25.5 Å². The second-order valence-corrected chi connectivity index (χ2v) is 8.19. The van der Waals surface area contributed by atoms with E-state index in [1.807, 2.05) is 24.3 Å². The van der Waals surface area contributed by atoms with E-state index in [1.165, 1.54) is 4.90 Å². The third-order valence-electron chi connectivity index (χ3n) is 2.71. The molecule has 0 saturated heterocycles. The van der Waals surface area contributed by atoms with Crippen molar-refractivity contribution in [3.8, 4) is 0 Å². The molecule has 1 aromatic carbocycles. The van der Waals surface area contributed by atoms with E-state index in [9.17, 15) is 8.42 Å². The fourth-order valence-electron chi connectivity index (χ4n) is 1.64. The van der Waals surface area contributed by atoms with Crippen LogP contribution < -0.4 is 15.4 Å². The van der Waals surface area contributed by atoms with Crippen molar-refractivity contribution >= 4 is 39.3 Å². The lowest BCUT2D eigenvalue weighted by molar-refractivity contribution is 0.584. The average Bonchev–Trinajstić information content (AvgIpc) is 2.49. The molecular weight excluding hydrogens is 356 g/mol. The van der Waals surface area contributed by atoms with Gasteiger partial charge in [0.1, 0.15) is 0 Å². The van der Waals surface area contributed by atoms with Crippen LogP contribution in [0.15, 0.2) is 34.2 Å². The third-order valence-corrected chi connectivity index (χ3v) is 4.70. The highest BCUT2D eigenvalue weighted by Crippen LogP contribution is 2.19. The summed E-state index contributed by atoms with van der Waals surface area (Å²) in [6, 6.07) is 7.74. The molecule has 0 amide bonds. The Balaban J connectivity index is 2.13. The van der Waals surface area contributed by atoms with Crippen molar-refractivity contribution in [1.29, 1.82) is 0 Å². The first-order chi connectivity index (χ1) is 10.9. The van der Waals surface area contributed by atoms with Gasteiger partial charge in [-0.05, 0) is 30.7 Å². The second-order valence-electron chi connectivity index (χ2n) is 4.75. The maximum Gasteiger partial charge on any atom is 0.208 e. The van der Waals surface area contributed by atoms with E-state index in [-0.39, 0.29) is 0 Å². The zero-order chi connectivity index (χ0) is 17.1. The summed E-state index contributed by atoms with van der Waals surface area (Å²) >= 11 is 7.58. The van der Waals surface area contributed by atoms with Crippen LogP contribution in [0.25, 0.3) is 0 Å². The van der Waals surface area contributed by atoms with Gasteiger partial charge in [-0.25, -0.2) is 13.1 Å². The lowest BCUT2D eigenvalue weighted by Gasteiger charge is -2.11. The molecule has 1 aromatic rings. The normalized spacial score (nSPS) is 12.2. The fourth-order valence-corrected chi connectivity index (χ4v) is 3.05. The van der Waals surface area contributed by atoms with Crippen LogP contribution in [0.5, 0.6) is 0 Å². The SMILES string of the molecule is CN=C(NCCCNS(C)(=O)=O)NCCSc1ccc(Cl)cc1. The number of sulfonamides is 1. The first kappa shape index (κ1) is 20.1. The van der Waals surface area contributed by atoms with Crippen LogP contribution >= 0.6 is 23.4 Å². The molecule has 23 heavy (non-hydrogen) atoms. The van der Waals surface area contributed by atoms with Gasteiger partial charge in [-0.2, -0.15) is 0 Å². The Kier molecular flexibility index (Phi) is 9.39. The summed E-state index contributed by atoms with van der Waals surface area (Å²) in [5, 5.41) is 7.09. The smallest absolute Gasteiger partial charge is 0.208 e. The molecule has 0 radical (unpaired) electrons. The number of aliphatic imine (C=N–C) groups is 1. The largest absolute Gasteiger partial charge is 0.356 e. The van der Waals surface area contributed by atoms with E-state index in [0.717, 1.165) is 23.6 Å². The molecular formula is C14H23ClN4O2S2. The van der Waals surface area contributed by atoms with Crippen LogP contribution in [-0.4, -0.2) is 53.1 Å². The predicted octanol–water partition coefficient (Wildman–Crippen LogP) is 1.54. The fraction of sp³-hybridized carbons (Fsp3) is 0.500. The molecule has 130 valence electrons. The summed E-state index contributed by atoms with van der Waals surface area (Å²) in [6.07, 6.45) is 1.84. The molecule has 3 N–H and O–H groups in total. The molecule has 0 fully saturated rings. The Morgan fingerprint density at radius 2 is 1.83 bits per heavy atom. The van der Waals surface area contributed by atoms with Crippen molar-refractivity contribution in [1.82, 2.24) is 15.4 Å². The molecule has 0 heterocycles. The molecule has 1 rings (SSSR count). The van der Waals surface area contributed by atoms with Crippen molar-refractivity contribution in [2.24, 2.45) is 4.99 Å².